The van der Waals surface area contributed by atoms with Crippen LogP contribution >= 0.6 is 0 Å². The van der Waals surface area contributed by atoms with Crippen LogP contribution in [0.1, 0.15) is 16.1 Å². The van der Waals surface area contributed by atoms with Crippen molar-refractivity contribution in [3.63, 3.8) is 0 Å². The number of rotatable bonds is 8. The van der Waals surface area contributed by atoms with Gasteiger partial charge in [0, 0.05) is 12.2 Å². The standard InChI is InChI=1S/C21H22N4O3/c1-27-17-7-3-15(4-8-17)13-14-22-21(26)19-11-12-20(25-24-19)23-16-5-9-18(28-2)10-6-16/h3-12H,13-14H2,1-2H3,(H,22,26)(H,23,25). The average molecular weight is 378 g/mol. The molecule has 1 aromatic heterocycles. The van der Waals surface area contributed by atoms with Gasteiger partial charge in [-0.05, 0) is 60.5 Å². The van der Waals surface area contributed by atoms with E-state index in [4.69, 9.17) is 9.47 Å². The monoisotopic (exact) mass is 378 g/mol. The van der Waals surface area contributed by atoms with Gasteiger partial charge in [-0.15, -0.1) is 10.2 Å². The Morgan fingerprint density at radius 2 is 1.50 bits per heavy atom. The summed E-state index contributed by atoms with van der Waals surface area (Å²) in [7, 11) is 3.25. The SMILES string of the molecule is COc1ccc(CCNC(=O)c2ccc(Nc3ccc(OC)cc3)nn2)cc1. The number of amides is 1. The van der Waals surface area contributed by atoms with Crippen LogP contribution in [0.3, 0.4) is 0 Å². The van der Waals surface area contributed by atoms with E-state index in [0.717, 1.165) is 29.2 Å². The highest BCUT2D eigenvalue weighted by Crippen LogP contribution is 2.18. The first-order valence-electron chi connectivity index (χ1n) is 8.84. The maximum Gasteiger partial charge on any atom is 0.271 e. The van der Waals surface area contributed by atoms with Gasteiger partial charge in [0.25, 0.3) is 5.91 Å². The van der Waals surface area contributed by atoms with Crippen molar-refractivity contribution >= 4 is 17.4 Å². The van der Waals surface area contributed by atoms with Crippen molar-refractivity contribution in [2.45, 2.75) is 6.42 Å². The van der Waals surface area contributed by atoms with Crippen LogP contribution in [-0.2, 0) is 6.42 Å². The molecule has 0 saturated carbocycles. The summed E-state index contributed by atoms with van der Waals surface area (Å²) in [5, 5.41) is 14.0. The molecule has 0 saturated heterocycles. The van der Waals surface area contributed by atoms with Crippen LogP contribution in [0.25, 0.3) is 0 Å². The van der Waals surface area contributed by atoms with Crippen molar-refractivity contribution in [1.29, 1.82) is 0 Å². The fraction of sp³-hybridized carbons (Fsp3) is 0.190. The van der Waals surface area contributed by atoms with Crippen molar-refractivity contribution in [2.24, 2.45) is 0 Å². The molecule has 0 radical (unpaired) electrons. The lowest BCUT2D eigenvalue weighted by Crippen LogP contribution is -2.26. The van der Waals surface area contributed by atoms with Gasteiger partial charge in [-0.25, -0.2) is 0 Å². The second kappa shape index (κ2) is 9.36. The molecule has 3 rings (SSSR count). The second-order valence-corrected chi connectivity index (χ2v) is 6.01. The fourth-order valence-electron chi connectivity index (χ4n) is 2.55. The van der Waals surface area contributed by atoms with E-state index in [1.54, 1.807) is 26.4 Å². The molecule has 0 unspecified atom stereocenters. The molecule has 7 nitrogen and oxygen atoms in total. The highest BCUT2D eigenvalue weighted by Gasteiger charge is 2.08. The lowest BCUT2D eigenvalue weighted by molar-refractivity contribution is 0.0948. The lowest BCUT2D eigenvalue weighted by atomic mass is 10.1. The minimum absolute atomic E-state index is 0.253. The van der Waals surface area contributed by atoms with Crippen molar-refractivity contribution in [2.75, 3.05) is 26.1 Å². The Hall–Kier alpha value is -3.61. The van der Waals surface area contributed by atoms with Gasteiger partial charge in [-0.1, -0.05) is 12.1 Å². The molecule has 0 aliphatic carbocycles. The summed E-state index contributed by atoms with van der Waals surface area (Å²) in [6.45, 7) is 0.513. The third kappa shape index (κ3) is 5.20. The van der Waals surface area contributed by atoms with Crippen molar-refractivity contribution in [3.05, 3.63) is 71.9 Å². The number of benzene rings is 2. The Balaban J connectivity index is 1.49. The molecule has 2 aromatic carbocycles. The van der Waals surface area contributed by atoms with Gasteiger partial charge < -0.3 is 20.1 Å². The van der Waals surface area contributed by atoms with Gasteiger partial charge >= 0.3 is 0 Å². The Labute approximate surface area is 163 Å². The highest BCUT2D eigenvalue weighted by molar-refractivity contribution is 5.92. The number of nitrogens with zero attached hydrogens (tertiary/aromatic N) is 2. The number of carbonyl (C=O) groups is 1. The molecule has 1 heterocycles. The van der Waals surface area contributed by atoms with Crippen LogP contribution in [0, 0.1) is 0 Å². The van der Waals surface area contributed by atoms with E-state index >= 15 is 0 Å². The van der Waals surface area contributed by atoms with Crippen LogP contribution in [0.15, 0.2) is 60.7 Å². The predicted octanol–water partition coefficient (Wildman–Crippen LogP) is 3.21. The molecule has 0 bridgehead atoms. The predicted molar refractivity (Wildman–Crippen MR) is 107 cm³/mol. The molecular weight excluding hydrogens is 356 g/mol. The molecular formula is C21H22N4O3. The van der Waals surface area contributed by atoms with Gasteiger partial charge in [0.05, 0.1) is 14.2 Å². The highest BCUT2D eigenvalue weighted by atomic mass is 16.5. The minimum Gasteiger partial charge on any atom is -0.497 e. The van der Waals surface area contributed by atoms with Gasteiger partial charge in [0.2, 0.25) is 0 Å². The average Bonchev–Trinajstić information content (AvgIpc) is 2.75. The molecule has 1 amide bonds. The Morgan fingerprint density at radius 3 is 2.07 bits per heavy atom. The van der Waals surface area contributed by atoms with Crippen LogP contribution in [-0.4, -0.2) is 36.9 Å². The zero-order valence-electron chi connectivity index (χ0n) is 15.8. The van der Waals surface area contributed by atoms with Crippen LogP contribution in [0.4, 0.5) is 11.5 Å². The number of carbonyl (C=O) groups excluding carboxylic acids is 1. The first kappa shape index (κ1) is 19.2. The Bertz CT molecular complexity index is 894. The molecule has 144 valence electrons. The number of ether oxygens (including phenoxy) is 2. The maximum absolute atomic E-state index is 12.2. The number of anilines is 2. The number of nitrogens with one attached hydrogen (secondary N) is 2. The summed E-state index contributed by atoms with van der Waals surface area (Å²) in [5.41, 5.74) is 2.24. The van der Waals surface area contributed by atoms with Gasteiger partial charge in [0.1, 0.15) is 11.5 Å². The molecule has 0 aliphatic heterocycles. The summed E-state index contributed by atoms with van der Waals surface area (Å²) in [6.07, 6.45) is 0.722. The summed E-state index contributed by atoms with van der Waals surface area (Å²) in [4.78, 5) is 12.2. The van der Waals surface area contributed by atoms with E-state index < -0.39 is 0 Å². The van der Waals surface area contributed by atoms with Gasteiger partial charge in [-0.3, -0.25) is 4.79 Å². The number of hydrogen-bond acceptors (Lipinski definition) is 6. The van der Waals surface area contributed by atoms with Crippen LogP contribution in [0.2, 0.25) is 0 Å². The third-order valence-corrected chi connectivity index (χ3v) is 4.12. The van der Waals surface area contributed by atoms with E-state index in [9.17, 15) is 4.79 Å². The fourth-order valence-corrected chi connectivity index (χ4v) is 2.55. The van der Waals surface area contributed by atoms with E-state index in [1.165, 1.54) is 0 Å². The van der Waals surface area contributed by atoms with Crippen molar-refractivity contribution in [1.82, 2.24) is 15.5 Å². The zero-order chi connectivity index (χ0) is 19.8. The maximum atomic E-state index is 12.2. The summed E-state index contributed by atoms with van der Waals surface area (Å²) in [6, 6.07) is 18.6. The lowest BCUT2D eigenvalue weighted by Gasteiger charge is -2.08. The van der Waals surface area contributed by atoms with E-state index in [1.807, 2.05) is 48.5 Å². The Kier molecular flexibility index (Phi) is 6.41. The Morgan fingerprint density at radius 1 is 0.857 bits per heavy atom. The largest absolute Gasteiger partial charge is 0.497 e. The van der Waals surface area contributed by atoms with E-state index in [0.29, 0.717) is 12.4 Å². The third-order valence-electron chi connectivity index (χ3n) is 4.12. The molecule has 0 spiro atoms. The topological polar surface area (TPSA) is 85.4 Å². The molecule has 0 fully saturated rings. The minimum atomic E-state index is -0.253. The van der Waals surface area contributed by atoms with Gasteiger partial charge in [-0.2, -0.15) is 0 Å². The second-order valence-electron chi connectivity index (χ2n) is 6.01. The van der Waals surface area contributed by atoms with E-state index in [2.05, 4.69) is 20.8 Å². The number of methoxy groups -OCH3 is 2. The normalized spacial score (nSPS) is 10.2. The van der Waals surface area contributed by atoms with Crippen molar-refractivity contribution < 1.29 is 14.3 Å². The molecule has 7 heteroatoms. The first-order valence-corrected chi connectivity index (χ1v) is 8.84. The van der Waals surface area contributed by atoms with Gasteiger partial charge in [0.15, 0.2) is 11.5 Å². The zero-order valence-corrected chi connectivity index (χ0v) is 15.8. The summed E-state index contributed by atoms with van der Waals surface area (Å²) >= 11 is 0. The van der Waals surface area contributed by atoms with E-state index in [-0.39, 0.29) is 11.6 Å². The van der Waals surface area contributed by atoms with Crippen LogP contribution in [0.5, 0.6) is 11.5 Å². The smallest absolute Gasteiger partial charge is 0.271 e. The molecule has 0 atom stereocenters. The van der Waals surface area contributed by atoms with Crippen LogP contribution < -0.4 is 20.1 Å². The molecule has 2 N–H and O–H groups in total. The number of hydrogen-bond donors (Lipinski definition) is 2. The summed E-state index contributed by atoms with van der Waals surface area (Å²) in [5.74, 6) is 1.89. The molecule has 0 aliphatic rings. The van der Waals surface area contributed by atoms with Crippen molar-refractivity contribution in [3.8, 4) is 11.5 Å². The quantitative estimate of drug-likeness (QED) is 0.626. The number of aromatic nitrogens is 2. The molecule has 28 heavy (non-hydrogen) atoms. The molecule has 3 aromatic rings. The summed E-state index contributed by atoms with van der Waals surface area (Å²) < 4.78 is 10.3. The first-order chi connectivity index (χ1) is 13.7.